The minimum atomic E-state index is -1.50. The molecule has 1 aliphatic carbocycles. The molecule has 0 bridgehead atoms. The number of primary amides is 1. The van der Waals surface area contributed by atoms with Crippen LogP contribution in [0.2, 0.25) is 0 Å². The molecule has 0 aromatic heterocycles. The van der Waals surface area contributed by atoms with Gasteiger partial charge in [-0.2, -0.15) is 0 Å². The fraction of sp³-hybridized carbons (Fsp3) is 0.857. The van der Waals surface area contributed by atoms with Gasteiger partial charge in [0.15, 0.2) is 0 Å². The highest BCUT2D eigenvalue weighted by atomic mass is 19.2. The zero-order valence-corrected chi connectivity index (χ0v) is 6.09. The maximum Gasteiger partial charge on any atom is 0.220 e. The summed E-state index contributed by atoms with van der Waals surface area (Å²) in [7, 11) is 0. The fourth-order valence-corrected chi connectivity index (χ4v) is 1.34. The van der Waals surface area contributed by atoms with Gasteiger partial charge >= 0.3 is 0 Å². The van der Waals surface area contributed by atoms with Crippen LogP contribution in [0.4, 0.5) is 8.78 Å². The summed E-state index contributed by atoms with van der Waals surface area (Å²) in [5.41, 5.74) is 4.95. The van der Waals surface area contributed by atoms with Crippen molar-refractivity contribution >= 4 is 5.91 Å². The molecule has 11 heavy (non-hydrogen) atoms. The highest BCUT2D eigenvalue weighted by Crippen LogP contribution is 2.28. The third kappa shape index (κ3) is 1.88. The lowest BCUT2D eigenvalue weighted by Crippen LogP contribution is -2.34. The number of alkyl halides is 2. The SMILES string of the molecule is NC(=O)C1CCC(F)C(F)C1. The largest absolute Gasteiger partial charge is 0.369 e. The summed E-state index contributed by atoms with van der Waals surface area (Å²) in [5.74, 6) is -0.975. The van der Waals surface area contributed by atoms with Crippen LogP contribution in [0.25, 0.3) is 0 Å². The molecule has 0 aromatic rings. The summed E-state index contributed by atoms with van der Waals surface area (Å²) in [6.07, 6.45) is -2.44. The molecule has 0 heterocycles. The van der Waals surface area contributed by atoms with Crippen molar-refractivity contribution in [2.24, 2.45) is 11.7 Å². The maximum atomic E-state index is 12.6. The van der Waals surface area contributed by atoms with Crippen molar-refractivity contribution in [3.63, 3.8) is 0 Å². The van der Waals surface area contributed by atoms with Crippen molar-refractivity contribution < 1.29 is 13.6 Å². The van der Waals surface area contributed by atoms with Crippen LogP contribution in [0.3, 0.4) is 0 Å². The van der Waals surface area contributed by atoms with E-state index in [2.05, 4.69) is 0 Å². The Morgan fingerprint density at radius 3 is 2.36 bits per heavy atom. The highest BCUT2D eigenvalue weighted by Gasteiger charge is 2.32. The highest BCUT2D eigenvalue weighted by molar-refractivity contribution is 5.76. The Kier molecular flexibility index (Phi) is 2.42. The van der Waals surface area contributed by atoms with Crippen LogP contribution in [0.15, 0.2) is 0 Å². The molecule has 0 saturated heterocycles. The zero-order valence-electron chi connectivity index (χ0n) is 6.09. The van der Waals surface area contributed by atoms with Crippen LogP contribution in [-0.2, 0) is 4.79 Å². The number of carbonyl (C=O) groups excluding carboxylic acids is 1. The van der Waals surface area contributed by atoms with E-state index in [9.17, 15) is 13.6 Å². The van der Waals surface area contributed by atoms with Crippen molar-refractivity contribution in [3.8, 4) is 0 Å². The number of nitrogens with two attached hydrogens (primary N) is 1. The van der Waals surface area contributed by atoms with Gasteiger partial charge in [-0.05, 0) is 19.3 Å². The molecule has 4 heteroatoms. The summed E-state index contributed by atoms with van der Waals surface area (Å²) in [5, 5.41) is 0. The van der Waals surface area contributed by atoms with Crippen LogP contribution in [0.5, 0.6) is 0 Å². The number of carbonyl (C=O) groups is 1. The Morgan fingerprint density at radius 2 is 1.91 bits per heavy atom. The molecular weight excluding hydrogens is 152 g/mol. The second-order valence-electron chi connectivity index (χ2n) is 2.94. The van der Waals surface area contributed by atoms with Crippen LogP contribution in [-0.4, -0.2) is 18.3 Å². The molecular formula is C7H11F2NO. The van der Waals surface area contributed by atoms with Crippen LogP contribution in [0.1, 0.15) is 19.3 Å². The fourth-order valence-electron chi connectivity index (χ4n) is 1.34. The third-order valence-corrected chi connectivity index (χ3v) is 2.10. The second-order valence-corrected chi connectivity index (χ2v) is 2.94. The lowest BCUT2D eigenvalue weighted by molar-refractivity contribution is -0.124. The number of rotatable bonds is 1. The van der Waals surface area contributed by atoms with Gasteiger partial charge in [0.1, 0.15) is 12.3 Å². The van der Waals surface area contributed by atoms with Crippen molar-refractivity contribution in [2.45, 2.75) is 31.6 Å². The van der Waals surface area contributed by atoms with E-state index in [0.29, 0.717) is 6.42 Å². The molecule has 2 N–H and O–H groups in total. The predicted octanol–water partition coefficient (Wildman–Crippen LogP) is 0.948. The monoisotopic (exact) mass is 163 g/mol. The van der Waals surface area contributed by atoms with E-state index in [1.807, 2.05) is 0 Å². The number of hydrogen-bond donors (Lipinski definition) is 1. The van der Waals surface area contributed by atoms with Gasteiger partial charge in [0.25, 0.3) is 0 Å². The molecule has 3 atom stereocenters. The van der Waals surface area contributed by atoms with Crippen LogP contribution in [0, 0.1) is 5.92 Å². The Balaban J connectivity index is 2.46. The van der Waals surface area contributed by atoms with Crippen molar-refractivity contribution in [2.75, 3.05) is 0 Å². The Bertz CT molecular complexity index is 163. The molecule has 1 rings (SSSR count). The van der Waals surface area contributed by atoms with Crippen molar-refractivity contribution in [1.29, 1.82) is 0 Å². The lowest BCUT2D eigenvalue weighted by Gasteiger charge is -2.24. The third-order valence-electron chi connectivity index (χ3n) is 2.10. The van der Waals surface area contributed by atoms with Gasteiger partial charge in [-0.3, -0.25) is 4.79 Å². The average molecular weight is 163 g/mol. The average Bonchev–Trinajstić information content (AvgIpc) is 1.94. The molecule has 0 radical (unpaired) electrons. The van der Waals surface area contributed by atoms with E-state index >= 15 is 0 Å². The van der Waals surface area contributed by atoms with Gasteiger partial charge in [0, 0.05) is 5.92 Å². The van der Waals surface area contributed by atoms with E-state index < -0.39 is 24.2 Å². The van der Waals surface area contributed by atoms with E-state index in [4.69, 9.17) is 5.73 Å². The first-order chi connectivity index (χ1) is 5.11. The second kappa shape index (κ2) is 3.15. The molecule has 3 unspecified atom stereocenters. The van der Waals surface area contributed by atoms with E-state index in [1.165, 1.54) is 0 Å². The standard InChI is InChI=1S/C7H11F2NO/c8-5-2-1-4(7(10)11)3-6(5)9/h4-6H,1-3H2,(H2,10,11). The normalized spacial score (nSPS) is 38.5. The molecule has 1 fully saturated rings. The van der Waals surface area contributed by atoms with Crippen molar-refractivity contribution in [3.05, 3.63) is 0 Å². The topological polar surface area (TPSA) is 43.1 Å². The van der Waals surface area contributed by atoms with Gasteiger partial charge in [0.2, 0.25) is 5.91 Å². The van der Waals surface area contributed by atoms with Gasteiger partial charge in [0.05, 0.1) is 0 Å². The van der Waals surface area contributed by atoms with Gasteiger partial charge < -0.3 is 5.73 Å². The number of halogens is 2. The van der Waals surface area contributed by atoms with Crippen molar-refractivity contribution in [1.82, 2.24) is 0 Å². The molecule has 0 aromatic carbocycles. The minimum Gasteiger partial charge on any atom is -0.369 e. The van der Waals surface area contributed by atoms with E-state index in [0.717, 1.165) is 0 Å². The quantitative estimate of drug-likeness (QED) is 0.614. The first-order valence-corrected chi connectivity index (χ1v) is 3.68. The summed E-state index contributed by atoms with van der Waals surface area (Å²) >= 11 is 0. The van der Waals surface area contributed by atoms with Gasteiger partial charge in [-0.15, -0.1) is 0 Å². The van der Waals surface area contributed by atoms with E-state index in [-0.39, 0.29) is 12.8 Å². The Labute approximate surface area is 63.8 Å². The molecule has 1 saturated carbocycles. The Hall–Kier alpha value is -0.670. The lowest BCUT2D eigenvalue weighted by atomic mass is 9.86. The molecule has 0 aliphatic heterocycles. The maximum absolute atomic E-state index is 12.6. The smallest absolute Gasteiger partial charge is 0.220 e. The van der Waals surface area contributed by atoms with E-state index in [1.54, 1.807) is 0 Å². The number of amides is 1. The minimum absolute atomic E-state index is 0.0451. The molecule has 1 aliphatic rings. The first kappa shape index (κ1) is 8.43. The van der Waals surface area contributed by atoms with Crippen LogP contribution < -0.4 is 5.73 Å². The molecule has 2 nitrogen and oxygen atoms in total. The molecule has 64 valence electrons. The van der Waals surface area contributed by atoms with Gasteiger partial charge in [-0.1, -0.05) is 0 Å². The Morgan fingerprint density at radius 1 is 1.27 bits per heavy atom. The van der Waals surface area contributed by atoms with Gasteiger partial charge in [-0.25, -0.2) is 8.78 Å². The summed E-state index contributed by atoms with van der Waals surface area (Å²) < 4.78 is 25.1. The summed E-state index contributed by atoms with van der Waals surface area (Å²) in [6.45, 7) is 0. The van der Waals surface area contributed by atoms with Crippen LogP contribution >= 0.6 is 0 Å². The number of hydrogen-bond acceptors (Lipinski definition) is 1. The summed E-state index contributed by atoms with van der Waals surface area (Å²) in [6, 6.07) is 0. The predicted molar refractivity (Wildman–Crippen MR) is 36.3 cm³/mol. The molecule has 0 spiro atoms. The zero-order chi connectivity index (χ0) is 8.43. The summed E-state index contributed by atoms with van der Waals surface area (Å²) in [4.78, 5) is 10.5. The first-order valence-electron chi connectivity index (χ1n) is 3.68. The molecule has 1 amide bonds.